The third-order valence-corrected chi connectivity index (χ3v) is 6.64. The topological polar surface area (TPSA) is 80.0 Å². The molecule has 1 atom stereocenters. The molecule has 0 aliphatic rings. The van der Waals surface area contributed by atoms with Crippen molar-refractivity contribution in [3.8, 4) is 11.1 Å². The largest absolute Gasteiger partial charge is 0.467 e. The summed E-state index contributed by atoms with van der Waals surface area (Å²) in [6.07, 6.45) is 1.63. The van der Waals surface area contributed by atoms with Crippen LogP contribution in [0.15, 0.2) is 81.8 Å². The van der Waals surface area contributed by atoms with E-state index < -0.39 is 0 Å². The van der Waals surface area contributed by atoms with Crippen LogP contribution in [0.5, 0.6) is 0 Å². The lowest BCUT2D eigenvalue weighted by Crippen LogP contribution is -2.28. The number of anilines is 1. The zero-order chi connectivity index (χ0) is 21.5. The number of aromatic nitrogens is 2. The smallest absolute Gasteiger partial charge is 0.230 e. The van der Waals surface area contributed by atoms with E-state index in [2.05, 4.69) is 57.2 Å². The van der Waals surface area contributed by atoms with Crippen LogP contribution in [0.2, 0.25) is 0 Å². The summed E-state index contributed by atoms with van der Waals surface area (Å²) in [5.74, 6) is 1.08. The van der Waals surface area contributed by atoms with Gasteiger partial charge in [-0.15, -0.1) is 10.2 Å². The summed E-state index contributed by atoms with van der Waals surface area (Å²) in [5.41, 5.74) is 3.40. The molecule has 158 valence electrons. The van der Waals surface area contributed by atoms with Gasteiger partial charge in [-0.2, -0.15) is 0 Å². The molecule has 2 N–H and O–H groups in total. The van der Waals surface area contributed by atoms with E-state index in [1.807, 2.05) is 37.3 Å². The van der Waals surface area contributed by atoms with Crippen molar-refractivity contribution < 1.29 is 9.21 Å². The molecule has 0 unspecified atom stereocenters. The summed E-state index contributed by atoms with van der Waals surface area (Å²) in [4.78, 5) is 12.4. The van der Waals surface area contributed by atoms with E-state index in [1.54, 1.807) is 6.26 Å². The maximum absolute atomic E-state index is 12.4. The SMILES string of the molecule is C[C@@H](NC(=O)CSc1nnc(NCc2ccco2)s1)c1ccc(-c2ccccc2)cc1. The normalized spacial score (nSPS) is 11.8. The molecule has 2 aromatic heterocycles. The second-order valence-electron chi connectivity index (χ2n) is 6.87. The number of rotatable bonds is 9. The molecule has 0 saturated carbocycles. The zero-order valence-corrected chi connectivity index (χ0v) is 18.6. The molecule has 0 aliphatic heterocycles. The predicted octanol–water partition coefficient (Wildman–Crippen LogP) is 5.38. The van der Waals surface area contributed by atoms with Gasteiger partial charge in [0, 0.05) is 0 Å². The molecule has 6 nitrogen and oxygen atoms in total. The molecule has 2 heterocycles. The van der Waals surface area contributed by atoms with E-state index in [-0.39, 0.29) is 11.9 Å². The highest BCUT2D eigenvalue weighted by atomic mass is 32.2. The quantitative estimate of drug-likeness (QED) is 0.333. The molecular weight excluding hydrogens is 428 g/mol. The first-order chi connectivity index (χ1) is 15.2. The number of hydrogen-bond acceptors (Lipinski definition) is 7. The van der Waals surface area contributed by atoms with Crippen molar-refractivity contribution in [1.82, 2.24) is 15.5 Å². The third kappa shape index (κ3) is 5.96. The van der Waals surface area contributed by atoms with E-state index in [9.17, 15) is 4.79 Å². The molecule has 8 heteroatoms. The summed E-state index contributed by atoms with van der Waals surface area (Å²) in [6.45, 7) is 2.54. The molecule has 4 rings (SSSR count). The Morgan fingerprint density at radius 2 is 1.81 bits per heavy atom. The lowest BCUT2D eigenvalue weighted by molar-refractivity contribution is -0.119. The maximum atomic E-state index is 12.4. The highest BCUT2D eigenvalue weighted by Gasteiger charge is 2.12. The Morgan fingerprint density at radius 1 is 1.03 bits per heavy atom. The van der Waals surface area contributed by atoms with Gasteiger partial charge in [-0.1, -0.05) is 77.7 Å². The predicted molar refractivity (Wildman–Crippen MR) is 125 cm³/mol. The fourth-order valence-electron chi connectivity index (χ4n) is 3.00. The number of carbonyl (C=O) groups excluding carboxylic acids is 1. The van der Waals surface area contributed by atoms with E-state index in [0.29, 0.717) is 17.4 Å². The minimum Gasteiger partial charge on any atom is -0.467 e. The van der Waals surface area contributed by atoms with Crippen molar-refractivity contribution in [3.05, 3.63) is 84.3 Å². The van der Waals surface area contributed by atoms with E-state index >= 15 is 0 Å². The fraction of sp³-hybridized carbons (Fsp3) is 0.174. The minimum absolute atomic E-state index is 0.0371. The van der Waals surface area contributed by atoms with Crippen molar-refractivity contribution in [3.63, 3.8) is 0 Å². The van der Waals surface area contributed by atoms with Crippen LogP contribution in [0, 0.1) is 0 Å². The van der Waals surface area contributed by atoms with E-state index in [4.69, 9.17) is 4.42 Å². The van der Waals surface area contributed by atoms with Gasteiger partial charge >= 0.3 is 0 Å². The molecule has 0 aliphatic carbocycles. The second kappa shape index (κ2) is 10.3. The zero-order valence-electron chi connectivity index (χ0n) is 16.9. The Hall–Kier alpha value is -3.10. The summed E-state index contributed by atoms with van der Waals surface area (Å²) < 4.78 is 6.03. The van der Waals surface area contributed by atoms with Crippen molar-refractivity contribution in [2.24, 2.45) is 0 Å². The lowest BCUT2D eigenvalue weighted by atomic mass is 10.0. The van der Waals surface area contributed by atoms with Crippen LogP contribution in [0.4, 0.5) is 5.13 Å². The van der Waals surface area contributed by atoms with Crippen LogP contribution in [0.3, 0.4) is 0 Å². The molecule has 1 amide bonds. The molecule has 2 aromatic carbocycles. The monoisotopic (exact) mass is 450 g/mol. The van der Waals surface area contributed by atoms with Crippen molar-refractivity contribution >= 4 is 34.1 Å². The minimum atomic E-state index is -0.0714. The molecule has 4 aromatic rings. The number of nitrogens with one attached hydrogen (secondary N) is 2. The molecule has 0 bridgehead atoms. The van der Waals surface area contributed by atoms with Crippen LogP contribution in [-0.2, 0) is 11.3 Å². The Kier molecular flexibility index (Phi) is 7.01. The Labute approximate surface area is 189 Å². The van der Waals surface area contributed by atoms with Gasteiger partial charge in [0.1, 0.15) is 5.76 Å². The molecule has 0 radical (unpaired) electrons. The van der Waals surface area contributed by atoms with Crippen LogP contribution in [0.25, 0.3) is 11.1 Å². The van der Waals surface area contributed by atoms with Gasteiger partial charge < -0.3 is 15.1 Å². The third-order valence-electron chi connectivity index (χ3n) is 4.62. The first-order valence-electron chi connectivity index (χ1n) is 9.84. The summed E-state index contributed by atoms with van der Waals surface area (Å²) in [7, 11) is 0. The van der Waals surface area contributed by atoms with Gasteiger partial charge in [-0.25, -0.2) is 0 Å². The van der Waals surface area contributed by atoms with Crippen molar-refractivity contribution in [2.75, 3.05) is 11.1 Å². The number of furan rings is 1. The van der Waals surface area contributed by atoms with Gasteiger partial charge in [0.2, 0.25) is 11.0 Å². The standard InChI is InChI=1S/C23H22N4O2S2/c1-16(17-9-11-19(12-10-17)18-6-3-2-4-7-18)25-21(28)15-30-23-27-26-22(31-23)24-14-20-8-5-13-29-20/h2-13,16H,14-15H2,1H3,(H,24,26)(H,25,28)/t16-/m1/s1. The van der Waals surface area contributed by atoms with Crippen LogP contribution >= 0.6 is 23.1 Å². The molecule has 31 heavy (non-hydrogen) atoms. The van der Waals surface area contributed by atoms with Gasteiger partial charge in [0.05, 0.1) is 24.6 Å². The van der Waals surface area contributed by atoms with Crippen LogP contribution in [-0.4, -0.2) is 21.9 Å². The highest BCUT2D eigenvalue weighted by Crippen LogP contribution is 2.26. The van der Waals surface area contributed by atoms with Gasteiger partial charge in [-0.3, -0.25) is 4.79 Å². The average molecular weight is 451 g/mol. The molecule has 0 spiro atoms. The van der Waals surface area contributed by atoms with E-state index in [0.717, 1.165) is 21.2 Å². The highest BCUT2D eigenvalue weighted by molar-refractivity contribution is 8.01. The van der Waals surface area contributed by atoms with Gasteiger partial charge in [0.25, 0.3) is 0 Å². The first kappa shape index (κ1) is 21.1. The molecule has 0 saturated heterocycles. The fourth-order valence-corrected chi connectivity index (χ4v) is 4.56. The number of thioether (sulfide) groups is 1. The number of amides is 1. The second-order valence-corrected chi connectivity index (χ2v) is 9.07. The Morgan fingerprint density at radius 3 is 2.55 bits per heavy atom. The Bertz CT molecular complexity index is 1100. The number of carbonyl (C=O) groups is 1. The number of nitrogens with zero attached hydrogens (tertiary/aromatic N) is 2. The maximum Gasteiger partial charge on any atom is 0.230 e. The van der Waals surface area contributed by atoms with Gasteiger partial charge in [0.15, 0.2) is 4.34 Å². The molecular formula is C23H22N4O2S2. The molecule has 0 fully saturated rings. The van der Waals surface area contributed by atoms with Crippen molar-refractivity contribution in [1.29, 1.82) is 0 Å². The van der Waals surface area contributed by atoms with Crippen molar-refractivity contribution in [2.45, 2.75) is 23.8 Å². The van der Waals surface area contributed by atoms with Gasteiger partial charge in [-0.05, 0) is 35.7 Å². The van der Waals surface area contributed by atoms with Crippen LogP contribution in [0.1, 0.15) is 24.3 Å². The summed E-state index contributed by atoms with van der Waals surface area (Å²) in [6, 6.07) is 22.2. The summed E-state index contributed by atoms with van der Waals surface area (Å²) in [5, 5.41) is 15.1. The Balaban J connectivity index is 1.24. The first-order valence-corrected chi connectivity index (χ1v) is 11.6. The van der Waals surface area contributed by atoms with Crippen LogP contribution < -0.4 is 10.6 Å². The summed E-state index contributed by atoms with van der Waals surface area (Å²) >= 11 is 2.80. The lowest BCUT2D eigenvalue weighted by Gasteiger charge is -2.14. The van der Waals surface area contributed by atoms with E-state index in [1.165, 1.54) is 28.7 Å². The number of benzene rings is 2. The number of hydrogen-bond donors (Lipinski definition) is 2. The average Bonchev–Trinajstić information content (AvgIpc) is 3.49.